The number of urea groups is 1. The van der Waals surface area contributed by atoms with E-state index in [4.69, 9.17) is 4.74 Å². The van der Waals surface area contributed by atoms with E-state index in [1.165, 1.54) is 16.0 Å². The topological polar surface area (TPSA) is 74.8 Å². The number of piperidine rings is 1. The van der Waals surface area contributed by atoms with Crippen molar-refractivity contribution in [2.75, 3.05) is 26.2 Å². The number of amides is 3. The second-order valence-corrected chi connectivity index (χ2v) is 10.4. The number of hydrogen-bond acceptors (Lipinski definition) is 6. The minimum atomic E-state index is -0.767. The van der Waals surface area contributed by atoms with Gasteiger partial charge in [0.05, 0.1) is 17.8 Å². The van der Waals surface area contributed by atoms with E-state index in [2.05, 4.69) is 33.4 Å². The smallest absolute Gasteiger partial charge is 0.325 e. The molecule has 0 aliphatic carbocycles. The highest BCUT2D eigenvalue weighted by atomic mass is 32.1. The molecule has 176 valence electrons. The maximum Gasteiger partial charge on any atom is 0.325 e. The zero-order valence-corrected chi connectivity index (χ0v) is 20.2. The van der Waals surface area contributed by atoms with Crippen LogP contribution in [0.1, 0.15) is 47.9 Å². The third kappa shape index (κ3) is 4.15. The normalized spacial score (nSPS) is 23.6. The molecule has 5 rings (SSSR count). The molecule has 2 fully saturated rings. The monoisotopic (exact) mass is 468 g/mol. The fourth-order valence-electron chi connectivity index (χ4n) is 5.61. The van der Waals surface area contributed by atoms with Gasteiger partial charge in [-0.2, -0.15) is 0 Å². The minimum absolute atomic E-state index is 0.0470. The quantitative estimate of drug-likeness (QED) is 0.629. The standard InChI is InChI=1S/C25H32N4O3S/c1-3-25(23(30)29(24(31)27-25)12-8-22-17(2)26-16-33-22)20-6-10-28(11-7-20)15-18-4-5-21-19(14-18)9-13-32-21/h4-5,14,16,20H,3,6-13,15H2,1-2H3,(H,27,31)/t25-/m0/s1. The van der Waals surface area contributed by atoms with Crippen LogP contribution in [-0.2, 0) is 24.2 Å². The van der Waals surface area contributed by atoms with Crippen molar-refractivity contribution in [3.05, 3.63) is 45.4 Å². The van der Waals surface area contributed by atoms with Gasteiger partial charge in [-0.1, -0.05) is 19.1 Å². The lowest BCUT2D eigenvalue weighted by Crippen LogP contribution is -2.55. The summed E-state index contributed by atoms with van der Waals surface area (Å²) in [7, 11) is 0. The lowest BCUT2D eigenvalue weighted by atomic mass is 9.75. The number of hydrogen-bond donors (Lipinski definition) is 1. The molecule has 7 nitrogen and oxygen atoms in total. The molecule has 1 atom stereocenters. The molecule has 33 heavy (non-hydrogen) atoms. The van der Waals surface area contributed by atoms with Crippen molar-refractivity contribution < 1.29 is 14.3 Å². The van der Waals surface area contributed by atoms with Crippen molar-refractivity contribution in [3.8, 4) is 5.75 Å². The molecule has 1 N–H and O–H groups in total. The summed E-state index contributed by atoms with van der Waals surface area (Å²) >= 11 is 1.58. The minimum Gasteiger partial charge on any atom is -0.493 e. The van der Waals surface area contributed by atoms with Gasteiger partial charge in [0.2, 0.25) is 0 Å². The molecule has 1 aromatic carbocycles. The van der Waals surface area contributed by atoms with Gasteiger partial charge in [0.25, 0.3) is 5.91 Å². The summed E-state index contributed by atoms with van der Waals surface area (Å²) in [4.78, 5) is 35.6. The molecule has 0 spiro atoms. The van der Waals surface area contributed by atoms with Crippen molar-refractivity contribution in [2.45, 2.75) is 58.0 Å². The van der Waals surface area contributed by atoms with Gasteiger partial charge in [0.1, 0.15) is 11.3 Å². The molecular weight excluding hydrogens is 436 g/mol. The molecular formula is C25H32N4O3S. The van der Waals surface area contributed by atoms with Gasteiger partial charge in [-0.3, -0.25) is 14.6 Å². The van der Waals surface area contributed by atoms with Gasteiger partial charge in [0, 0.05) is 30.8 Å². The van der Waals surface area contributed by atoms with Crippen LogP contribution in [0, 0.1) is 12.8 Å². The number of aryl methyl sites for hydroxylation is 1. The molecule has 3 amide bonds. The van der Waals surface area contributed by atoms with Crippen molar-refractivity contribution >= 4 is 23.3 Å². The maximum absolute atomic E-state index is 13.5. The number of nitrogens with zero attached hydrogens (tertiary/aromatic N) is 3. The van der Waals surface area contributed by atoms with E-state index in [0.29, 0.717) is 19.4 Å². The van der Waals surface area contributed by atoms with Crippen LogP contribution in [0.5, 0.6) is 5.75 Å². The fraction of sp³-hybridized carbons (Fsp3) is 0.560. The Hall–Kier alpha value is -2.45. The Balaban J connectivity index is 1.21. The van der Waals surface area contributed by atoms with Crippen LogP contribution < -0.4 is 10.1 Å². The average molecular weight is 469 g/mol. The fourth-order valence-corrected chi connectivity index (χ4v) is 6.38. The third-order valence-corrected chi connectivity index (χ3v) is 8.61. The van der Waals surface area contributed by atoms with Crippen LogP contribution >= 0.6 is 11.3 Å². The number of rotatable bonds is 7. The molecule has 0 saturated carbocycles. The molecule has 2 aromatic rings. The van der Waals surface area contributed by atoms with Crippen LogP contribution in [-0.4, -0.2) is 58.5 Å². The second kappa shape index (κ2) is 9.06. The summed E-state index contributed by atoms with van der Waals surface area (Å²) < 4.78 is 5.62. The number of fused-ring (bicyclic) bond motifs is 1. The van der Waals surface area contributed by atoms with E-state index in [1.807, 2.05) is 19.4 Å². The number of imide groups is 1. The summed E-state index contributed by atoms with van der Waals surface area (Å²) in [5, 5.41) is 3.12. The average Bonchev–Trinajstić information content (AvgIpc) is 3.51. The largest absolute Gasteiger partial charge is 0.493 e. The molecule has 3 aliphatic rings. The van der Waals surface area contributed by atoms with E-state index in [0.717, 1.165) is 61.8 Å². The molecule has 0 radical (unpaired) electrons. The first-order valence-electron chi connectivity index (χ1n) is 12.0. The van der Waals surface area contributed by atoms with Gasteiger partial charge >= 0.3 is 6.03 Å². The summed E-state index contributed by atoms with van der Waals surface area (Å²) in [6.45, 7) is 7.97. The third-order valence-electron chi connectivity index (χ3n) is 7.61. The van der Waals surface area contributed by atoms with E-state index in [9.17, 15) is 9.59 Å². The number of carbonyl (C=O) groups is 2. The number of aromatic nitrogens is 1. The Morgan fingerprint density at radius 2 is 2.09 bits per heavy atom. The predicted molar refractivity (Wildman–Crippen MR) is 127 cm³/mol. The van der Waals surface area contributed by atoms with Crippen molar-refractivity contribution in [2.24, 2.45) is 5.92 Å². The van der Waals surface area contributed by atoms with Gasteiger partial charge in [-0.15, -0.1) is 11.3 Å². The van der Waals surface area contributed by atoms with Crippen LogP contribution in [0.15, 0.2) is 23.7 Å². The SMILES string of the molecule is CC[C@@]1(C2CCN(Cc3ccc4c(c3)CCO4)CC2)NC(=O)N(CCc2scnc2C)C1=O. The van der Waals surface area contributed by atoms with Crippen LogP contribution in [0.4, 0.5) is 4.79 Å². The first-order chi connectivity index (χ1) is 16.0. The predicted octanol–water partition coefficient (Wildman–Crippen LogP) is 3.54. The number of benzene rings is 1. The van der Waals surface area contributed by atoms with E-state index >= 15 is 0 Å². The van der Waals surface area contributed by atoms with E-state index in [1.54, 1.807) is 11.3 Å². The van der Waals surface area contributed by atoms with Gasteiger partial charge in [0.15, 0.2) is 0 Å². The summed E-state index contributed by atoms with van der Waals surface area (Å²) in [6.07, 6.45) is 4.11. The molecule has 2 saturated heterocycles. The molecule has 3 aliphatic heterocycles. The lowest BCUT2D eigenvalue weighted by molar-refractivity contribution is -0.134. The maximum atomic E-state index is 13.5. The van der Waals surface area contributed by atoms with Crippen LogP contribution in [0.3, 0.4) is 0 Å². The highest BCUT2D eigenvalue weighted by Gasteiger charge is 2.54. The lowest BCUT2D eigenvalue weighted by Gasteiger charge is -2.40. The summed E-state index contributed by atoms with van der Waals surface area (Å²) in [5.41, 5.74) is 4.66. The number of likely N-dealkylation sites (tertiary alicyclic amines) is 1. The molecule has 4 heterocycles. The van der Waals surface area contributed by atoms with Crippen molar-refractivity contribution in [3.63, 3.8) is 0 Å². The highest BCUT2D eigenvalue weighted by molar-refractivity contribution is 7.09. The van der Waals surface area contributed by atoms with Gasteiger partial charge in [-0.05, 0) is 62.4 Å². The Morgan fingerprint density at radius 3 is 2.82 bits per heavy atom. The van der Waals surface area contributed by atoms with Gasteiger partial charge in [-0.25, -0.2) is 9.78 Å². The van der Waals surface area contributed by atoms with E-state index < -0.39 is 5.54 Å². The van der Waals surface area contributed by atoms with Crippen LogP contribution in [0.25, 0.3) is 0 Å². The molecule has 0 bridgehead atoms. The highest BCUT2D eigenvalue weighted by Crippen LogP contribution is 2.37. The number of thiazole rings is 1. The first-order valence-corrected chi connectivity index (χ1v) is 12.9. The Labute approximate surface area is 199 Å². The molecule has 8 heteroatoms. The first kappa shape index (κ1) is 22.3. The van der Waals surface area contributed by atoms with Crippen molar-refractivity contribution in [1.82, 2.24) is 20.1 Å². The zero-order valence-electron chi connectivity index (χ0n) is 19.4. The Kier molecular flexibility index (Phi) is 6.14. The van der Waals surface area contributed by atoms with Crippen LogP contribution in [0.2, 0.25) is 0 Å². The Bertz CT molecular complexity index is 1050. The second-order valence-electron chi connectivity index (χ2n) is 9.41. The Morgan fingerprint density at radius 1 is 1.27 bits per heavy atom. The number of nitrogens with one attached hydrogen (secondary N) is 1. The zero-order chi connectivity index (χ0) is 23.0. The van der Waals surface area contributed by atoms with E-state index in [-0.39, 0.29) is 17.9 Å². The summed E-state index contributed by atoms with van der Waals surface area (Å²) in [6, 6.07) is 6.27. The summed E-state index contributed by atoms with van der Waals surface area (Å²) in [5.74, 6) is 1.14. The number of ether oxygens (including phenoxy) is 1. The number of carbonyl (C=O) groups excluding carboxylic acids is 2. The molecule has 0 unspecified atom stereocenters. The van der Waals surface area contributed by atoms with Gasteiger partial charge < -0.3 is 10.1 Å². The molecule has 1 aromatic heterocycles. The van der Waals surface area contributed by atoms with Crippen molar-refractivity contribution in [1.29, 1.82) is 0 Å².